The SMILES string of the molecule is CCOC(=O)c1ccc(-n2c(C)cc(/C=N\NC(=O)c3ccc(OC)cc3O)c2C)cc1. The molecule has 2 aromatic carbocycles. The Balaban J connectivity index is 1.75. The summed E-state index contributed by atoms with van der Waals surface area (Å²) in [5.41, 5.74) is 6.59. The Labute approximate surface area is 186 Å². The van der Waals surface area contributed by atoms with Crippen molar-refractivity contribution in [3.05, 3.63) is 76.6 Å². The fourth-order valence-electron chi connectivity index (χ4n) is 3.33. The van der Waals surface area contributed by atoms with E-state index in [1.807, 2.05) is 36.6 Å². The normalized spacial score (nSPS) is 10.9. The predicted molar refractivity (Wildman–Crippen MR) is 121 cm³/mol. The average Bonchev–Trinajstić information content (AvgIpc) is 3.06. The van der Waals surface area contributed by atoms with E-state index in [1.165, 1.54) is 19.2 Å². The lowest BCUT2D eigenvalue weighted by molar-refractivity contribution is 0.0526. The van der Waals surface area contributed by atoms with Crippen molar-refractivity contribution in [2.45, 2.75) is 20.8 Å². The zero-order valence-electron chi connectivity index (χ0n) is 18.4. The summed E-state index contributed by atoms with van der Waals surface area (Å²) in [7, 11) is 1.48. The van der Waals surface area contributed by atoms with Crippen molar-refractivity contribution in [1.82, 2.24) is 9.99 Å². The summed E-state index contributed by atoms with van der Waals surface area (Å²) in [6, 6.07) is 13.5. The molecule has 0 aliphatic carbocycles. The number of carbonyl (C=O) groups excluding carboxylic acids is 2. The molecule has 0 unspecified atom stereocenters. The van der Waals surface area contributed by atoms with Crippen LogP contribution in [-0.2, 0) is 4.74 Å². The first kappa shape index (κ1) is 22.6. The topological polar surface area (TPSA) is 102 Å². The summed E-state index contributed by atoms with van der Waals surface area (Å²) < 4.78 is 12.1. The Kier molecular flexibility index (Phi) is 6.94. The highest BCUT2D eigenvalue weighted by atomic mass is 16.5. The maximum atomic E-state index is 12.3. The molecule has 0 fully saturated rings. The molecule has 32 heavy (non-hydrogen) atoms. The monoisotopic (exact) mass is 435 g/mol. The second-order valence-corrected chi connectivity index (χ2v) is 7.01. The van der Waals surface area contributed by atoms with Gasteiger partial charge < -0.3 is 19.1 Å². The third-order valence-electron chi connectivity index (χ3n) is 4.93. The van der Waals surface area contributed by atoms with E-state index in [4.69, 9.17) is 9.47 Å². The quantitative estimate of drug-likeness (QED) is 0.334. The first-order valence-corrected chi connectivity index (χ1v) is 10.0. The van der Waals surface area contributed by atoms with Gasteiger partial charge in [0.1, 0.15) is 11.5 Å². The second-order valence-electron chi connectivity index (χ2n) is 7.01. The van der Waals surface area contributed by atoms with Crippen LogP contribution in [0.3, 0.4) is 0 Å². The van der Waals surface area contributed by atoms with Gasteiger partial charge in [-0.2, -0.15) is 5.10 Å². The van der Waals surface area contributed by atoms with Gasteiger partial charge in [-0.3, -0.25) is 4.79 Å². The Morgan fingerprint density at radius 3 is 2.47 bits per heavy atom. The number of esters is 1. The van der Waals surface area contributed by atoms with E-state index < -0.39 is 5.91 Å². The number of amides is 1. The number of nitrogens with one attached hydrogen (secondary N) is 1. The summed E-state index contributed by atoms with van der Waals surface area (Å²) in [6.45, 7) is 5.99. The molecule has 166 valence electrons. The molecule has 8 heteroatoms. The van der Waals surface area contributed by atoms with Crippen molar-refractivity contribution >= 4 is 18.1 Å². The van der Waals surface area contributed by atoms with Crippen LogP contribution in [0.1, 0.15) is 44.6 Å². The Morgan fingerprint density at radius 2 is 1.84 bits per heavy atom. The highest BCUT2D eigenvalue weighted by Crippen LogP contribution is 2.23. The largest absolute Gasteiger partial charge is 0.507 e. The standard InChI is InChI=1S/C24H25N3O5/c1-5-32-24(30)17-6-8-19(9-7-17)27-15(2)12-18(16(27)3)14-25-26-23(29)21-11-10-20(31-4)13-22(21)28/h6-14,28H,5H2,1-4H3,(H,26,29)/b25-14-. The number of nitrogens with zero attached hydrogens (tertiary/aromatic N) is 2. The summed E-state index contributed by atoms with van der Waals surface area (Å²) >= 11 is 0. The molecule has 1 amide bonds. The van der Waals surface area contributed by atoms with Crippen LogP contribution in [-0.4, -0.2) is 41.5 Å². The first-order chi connectivity index (χ1) is 15.3. The highest BCUT2D eigenvalue weighted by molar-refractivity contribution is 5.97. The minimum atomic E-state index is -0.537. The van der Waals surface area contributed by atoms with Gasteiger partial charge in [-0.15, -0.1) is 0 Å². The van der Waals surface area contributed by atoms with Crippen molar-refractivity contribution in [3.63, 3.8) is 0 Å². The number of phenolic OH excluding ortho intramolecular Hbond substituents is 1. The molecule has 3 rings (SSSR count). The lowest BCUT2D eigenvalue weighted by Crippen LogP contribution is -2.17. The Bertz CT molecular complexity index is 1160. The van der Waals surface area contributed by atoms with Gasteiger partial charge in [0.05, 0.1) is 31.1 Å². The number of ether oxygens (including phenoxy) is 2. The lowest BCUT2D eigenvalue weighted by atomic mass is 10.2. The van der Waals surface area contributed by atoms with Gasteiger partial charge in [-0.05, 0) is 63.2 Å². The molecule has 0 saturated carbocycles. The van der Waals surface area contributed by atoms with Crippen molar-refractivity contribution in [3.8, 4) is 17.2 Å². The van der Waals surface area contributed by atoms with E-state index in [9.17, 15) is 14.7 Å². The van der Waals surface area contributed by atoms with Crippen LogP contribution >= 0.6 is 0 Å². The number of aromatic nitrogens is 1. The number of hydrogen-bond donors (Lipinski definition) is 2. The number of rotatable bonds is 7. The molecule has 8 nitrogen and oxygen atoms in total. The molecule has 1 heterocycles. The third-order valence-corrected chi connectivity index (χ3v) is 4.93. The molecule has 0 radical (unpaired) electrons. The second kappa shape index (κ2) is 9.82. The van der Waals surface area contributed by atoms with Crippen LogP contribution < -0.4 is 10.2 Å². The molecular weight excluding hydrogens is 410 g/mol. The molecule has 0 bridgehead atoms. The number of benzene rings is 2. The molecule has 0 atom stereocenters. The molecule has 1 aromatic heterocycles. The van der Waals surface area contributed by atoms with E-state index in [-0.39, 0.29) is 17.3 Å². The predicted octanol–water partition coefficient (Wildman–Crippen LogP) is 3.75. The van der Waals surface area contributed by atoms with Crippen molar-refractivity contribution in [2.24, 2.45) is 5.10 Å². The summed E-state index contributed by atoms with van der Waals surface area (Å²) in [4.78, 5) is 24.2. The van der Waals surface area contributed by atoms with Crippen LogP contribution in [0.25, 0.3) is 5.69 Å². The first-order valence-electron chi connectivity index (χ1n) is 10.0. The fraction of sp³-hybridized carbons (Fsp3) is 0.208. The van der Waals surface area contributed by atoms with Crippen LogP contribution in [0.15, 0.2) is 53.6 Å². The van der Waals surface area contributed by atoms with Crippen molar-refractivity contribution in [1.29, 1.82) is 0 Å². The molecule has 0 saturated heterocycles. The molecule has 2 N–H and O–H groups in total. The van der Waals surface area contributed by atoms with Gasteiger partial charge in [-0.1, -0.05) is 0 Å². The molecule has 0 aliphatic rings. The zero-order valence-corrected chi connectivity index (χ0v) is 18.4. The van der Waals surface area contributed by atoms with Gasteiger partial charge in [0.2, 0.25) is 0 Å². The minimum absolute atomic E-state index is 0.0927. The maximum absolute atomic E-state index is 12.3. The number of methoxy groups -OCH3 is 1. The van der Waals surface area contributed by atoms with Gasteiger partial charge in [0.25, 0.3) is 5.91 Å². The van der Waals surface area contributed by atoms with Crippen LogP contribution in [0.5, 0.6) is 11.5 Å². The highest BCUT2D eigenvalue weighted by Gasteiger charge is 2.13. The van der Waals surface area contributed by atoms with Crippen LogP contribution in [0, 0.1) is 13.8 Å². The molecule has 3 aromatic rings. The number of phenols is 1. The van der Waals surface area contributed by atoms with Crippen molar-refractivity contribution in [2.75, 3.05) is 13.7 Å². The van der Waals surface area contributed by atoms with Gasteiger partial charge in [0.15, 0.2) is 0 Å². The van der Waals surface area contributed by atoms with Crippen LogP contribution in [0.4, 0.5) is 0 Å². The third kappa shape index (κ3) is 4.80. The Morgan fingerprint density at radius 1 is 1.12 bits per heavy atom. The number of hydrazone groups is 1. The summed E-state index contributed by atoms with van der Waals surface area (Å²) in [5.74, 6) is -0.636. The van der Waals surface area contributed by atoms with Gasteiger partial charge in [-0.25, -0.2) is 10.2 Å². The van der Waals surface area contributed by atoms with Crippen LogP contribution in [0.2, 0.25) is 0 Å². The molecule has 0 aliphatic heterocycles. The van der Waals surface area contributed by atoms with E-state index in [0.717, 1.165) is 22.6 Å². The Hall–Kier alpha value is -4.07. The van der Waals surface area contributed by atoms with E-state index in [1.54, 1.807) is 31.3 Å². The zero-order chi connectivity index (χ0) is 23.3. The molecular formula is C24H25N3O5. The van der Waals surface area contributed by atoms with E-state index in [2.05, 4.69) is 10.5 Å². The number of aryl methyl sites for hydroxylation is 1. The van der Waals surface area contributed by atoms with Gasteiger partial charge >= 0.3 is 5.97 Å². The number of aromatic hydroxyl groups is 1. The lowest BCUT2D eigenvalue weighted by Gasteiger charge is -2.10. The fourth-order valence-corrected chi connectivity index (χ4v) is 3.33. The number of carbonyl (C=O) groups is 2. The maximum Gasteiger partial charge on any atom is 0.338 e. The number of hydrogen-bond acceptors (Lipinski definition) is 6. The summed E-state index contributed by atoms with van der Waals surface area (Å²) in [5, 5.41) is 14.0. The van der Waals surface area contributed by atoms with E-state index >= 15 is 0 Å². The van der Waals surface area contributed by atoms with E-state index in [0.29, 0.717) is 17.9 Å². The van der Waals surface area contributed by atoms with Crippen molar-refractivity contribution < 1.29 is 24.2 Å². The summed E-state index contributed by atoms with van der Waals surface area (Å²) in [6.07, 6.45) is 1.55. The smallest absolute Gasteiger partial charge is 0.338 e. The minimum Gasteiger partial charge on any atom is -0.507 e. The molecule has 0 spiro atoms. The average molecular weight is 435 g/mol. The van der Waals surface area contributed by atoms with Gasteiger partial charge in [0, 0.05) is 28.7 Å².